The van der Waals surface area contributed by atoms with E-state index in [9.17, 15) is 0 Å². The lowest BCUT2D eigenvalue weighted by atomic mass is 10.3. The largest absolute Gasteiger partial charge is 0.399 e. The van der Waals surface area contributed by atoms with Crippen LogP contribution in [0.25, 0.3) is 0 Å². The summed E-state index contributed by atoms with van der Waals surface area (Å²) in [5.74, 6) is 0. The van der Waals surface area contributed by atoms with Crippen molar-refractivity contribution in [1.29, 1.82) is 0 Å². The van der Waals surface area contributed by atoms with Gasteiger partial charge in [0.1, 0.15) is 0 Å². The molecule has 1 nitrogen and oxygen atoms in total. The quantitative estimate of drug-likeness (QED) is 0.464. The standard InChI is InChI=1S/C9H13N/c1-3-5-6-8-9(10)7-4-2/h3-4,6-8H,1-2,5,10H2/b8-6-,9-7+. The van der Waals surface area contributed by atoms with Gasteiger partial charge in [0.05, 0.1) is 0 Å². The highest BCUT2D eigenvalue weighted by Crippen LogP contribution is 1.89. The Morgan fingerprint density at radius 2 is 2.10 bits per heavy atom. The highest BCUT2D eigenvalue weighted by molar-refractivity contribution is 5.19. The van der Waals surface area contributed by atoms with Gasteiger partial charge in [-0.05, 0) is 18.6 Å². The van der Waals surface area contributed by atoms with E-state index in [4.69, 9.17) is 5.73 Å². The van der Waals surface area contributed by atoms with E-state index in [0.29, 0.717) is 0 Å². The van der Waals surface area contributed by atoms with Crippen LogP contribution in [0.4, 0.5) is 0 Å². The first-order chi connectivity index (χ1) is 4.81. The van der Waals surface area contributed by atoms with E-state index in [-0.39, 0.29) is 0 Å². The number of nitrogens with two attached hydrogens (primary N) is 1. The molecule has 0 aromatic rings. The normalized spacial score (nSPS) is 11.8. The summed E-state index contributed by atoms with van der Waals surface area (Å²) in [7, 11) is 0. The van der Waals surface area contributed by atoms with E-state index >= 15 is 0 Å². The van der Waals surface area contributed by atoms with Crippen molar-refractivity contribution in [1.82, 2.24) is 0 Å². The highest BCUT2D eigenvalue weighted by Gasteiger charge is 1.75. The van der Waals surface area contributed by atoms with Crippen LogP contribution in [-0.2, 0) is 0 Å². The third-order valence-electron chi connectivity index (χ3n) is 0.923. The summed E-state index contributed by atoms with van der Waals surface area (Å²) in [5.41, 5.74) is 6.21. The van der Waals surface area contributed by atoms with E-state index in [2.05, 4.69) is 13.2 Å². The van der Waals surface area contributed by atoms with Crippen LogP contribution < -0.4 is 5.73 Å². The number of allylic oxidation sites excluding steroid dienone is 5. The zero-order chi connectivity index (χ0) is 7.82. The number of rotatable bonds is 4. The Labute approximate surface area is 62.2 Å². The van der Waals surface area contributed by atoms with Gasteiger partial charge in [-0.1, -0.05) is 24.8 Å². The van der Waals surface area contributed by atoms with Crippen LogP contribution in [0.15, 0.2) is 49.2 Å². The van der Waals surface area contributed by atoms with Crippen molar-refractivity contribution in [2.75, 3.05) is 0 Å². The number of hydrogen-bond donors (Lipinski definition) is 1. The summed E-state index contributed by atoms with van der Waals surface area (Å²) < 4.78 is 0. The maximum absolute atomic E-state index is 5.49. The predicted octanol–water partition coefficient (Wildman–Crippen LogP) is 2.15. The Balaban J connectivity index is 3.75. The Kier molecular flexibility index (Phi) is 5.16. The molecule has 0 aliphatic heterocycles. The average molecular weight is 135 g/mol. The van der Waals surface area contributed by atoms with Crippen molar-refractivity contribution in [3.63, 3.8) is 0 Å². The topological polar surface area (TPSA) is 26.0 Å². The molecule has 0 fully saturated rings. The first-order valence-electron chi connectivity index (χ1n) is 3.17. The van der Waals surface area contributed by atoms with E-state index in [1.54, 1.807) is 12.2 Å². The molecule has 0 spiro atoms. The molecule has 0 unspecified atom stereocenters. The summed E-state index contributed by atoms with van der Waals surface area (Å²) in [5, 5.41) is 0. The van der Waals surface area contributed by atoms with Gasteiger partial charge in [0, 0.05) is 5.70 Å². The maximum Gasteiger partial charge on any atom is 0.0310 e. The minimum absolute atomic E-state index is 0.719. The molecule has 0 amide bonds. The van der Waals surface area contributed by atoms with Gasteiger partial charge >= 0.3 is 0 Å². The zero-order valence-corrected chi connectivity index (χ0v) is 6.09. The summed E-state index contributed by atoms with van der Waals surface area (Å²) >= 11 is 0. The third kappa shape index (κ3) is 4.91. The molecule has 0 aromatic carbocycles. The lowest BCUT2D eigenvalue weighted by molar-refractivity contribution is 1.35. The summed E-state index contributed by atoms with van der Waals surface area (Å²) in [6, 6.07) is 0. The monoisotopic (exact) mass is 135 g/mol. The van der Waals surface area contributed by atoms with Crippen LogP contribution in [0.3, 0.4) is 0 Å². The van der Waals surface area contributed by atoms with E-state index < -0.39 is 0 Å². The van der Waals surface area contributed by atoms with Gasteiger partial charge in [-0.2, -0.15) is 0 Å². The predicted molar refractivity (Wildman–Crippen MR) is 46.4 cm³/mol. The smallest absolute Gasteiger partial charge is 0.0310 e. The molecule has 1 heteroatoms. The van der Waals surface area contributed by atoms with Crippen molar-refractivity contribution in [2.45, 2.75) is 6.42 Å². The fraction of sp³-hybridized carbons (Fsp3) is 0.111. The van der Waals surface area contributed by atoms with E-state index in [1.807, 2.05) is 18.2 Å². The molecular formula is C9H13N. The lowest BCUT2D eigenvalue weighted by Gasteiger charge is -1.86. The van der Waals surface area contributed by atoms with Gasteiger partial charge in [0.15, 0.2) is 0 Å². The minimum Gasteiger partial charge on any atom is -0.399 e. The van der Waals surface area contributed by atoms with Crippen molar-refractivity contribution in [3.8, 4) is 0 Å². The zero-order valence-electron chi connectivity index (χ0n) is 6.09. The van der Waals surface area contributed by atoms with Crippen LogP contribution in [0.5, 0.6) is 0 Å². The lowest BCUT2D eigenvalue weighted by Crippen LogP contribution is -1.90. The molecule has 0 radical (unpaired) electrons. The van der Waals surface area contributed by atoms with E-state index in [0.717, 1.165) is 12.1 Å². The van der Waals surface area contributed by atoms with Crippen molar-refractivity contribution in [2.24, 2.45) is 5.73 Å². The molecular weight excluding hydrogens is 122 g/mol. The molecule has 2 N–H and O–H groups in total. The van der Waals surface area contributed by atoms with Gasteiger partial charge in [-0.15, -0.1) is 6.58 Å². The first-order valence-corrected chi connectivity index (χ1v) is 3.17. The minimum atomic E-state index is 0.719. The van der Waals surface area contributed by atoms with Crippen molar-refractivity contribution >= 4 is 0 Å². The van der Waals surface area contributed by atoms with Crippen molar-refractivity contribution < 1.29 is 0 Å². The molecule has 10 heavy (non-hydrogen) atoms. The summed E-state index contributed by atoms with van der Waals surface area (Å²) in [6.07, 6.45) is 9.86. The molecule has 0 aliphatic rings. The Morgan fingerprint density at radius 3 is 2.60 bits per heavy atom. The average Bonchev–Trinajstić information content (AvgIpc) is 1.89. The molecule has 0 aliphatic carbocycles. The Hall–Kier alpha value is -1.24. The first kappa shape index (κ1) is 8.76. The van der Waals surface area contributed by atoms with Crippen molar-refractivity contribution in [3.05, 3.63) is 49.2 Å². The molecule has 0 saturated heterocycles. The molecule has 0 aromatic heterocycles. The second kappa shape index (κ2) is 5.89. The van der Waals surface area contributed by atoms with Crippen LogP contribution in [0, 0.1) is 0 Å². The molecule has 0 bridgehead atoms. The molecule has 0 heterocycles. The van der Waals surface area contributed by atoms with Gasteiger partial charge in [-0.3, -0.25) is 0 Å². The van der Waals surface area contributed by atoms with Crippen LogP contribution in [-0.4, -0.2) is 0 Å². The Bertz CT molecular complexity index is 164. The second-order valence-electron chi connectivity index (χ2n) is 1.83. The Morgan fingerprint density at radius 1 is 1.40 bits per heavy atom. The maximum atomic E-state index is 5.49. The van der Waals surface area contributed by atoms with E-state index in [1.165, 1.54) is 0 Å². The molecule has 0 atom stereocenters. The third-order valence-corrected chi connectivity index (χ3v) is 0.923. The fourth-order valence-electron chi connectivity index (χ4n) is 0.492. The van der Waals surface area contributed by atoms with Gasteiger partial charge in [0.2, 0.25) is 0 Å². The summed E-state index contributed by atoms with van der Waals surface area (Å²) in [4.78, 5) is 0. The summed E-state index contributed by atoms with van der Waals surface area (Å²) in [6.45, 7) is 7.09. The van der Waals surface area contributed by atoms with Crippen LogP contribution >= 0.6 is 0 Å². The molecule has 54 valence electrons. The fourth-order valence-corrected chi connectivity index (χ4v) is 0.492. The van der Waals surface area contributed by atoms with Gasteiger partial charge < -0.3 is 5.73 Å². The van der Waals surface area contributed by atoms with Crippen LogP contribution in [0.2, 0.25) is 0 Å². The molecule has 0 rings (SSSR count). The van der Waals surface area contributed by atoms with Crippen LogP contribution in [0.1, 0.15) is 6.42 Å². The molecule has 0 saturated carbocycles. The number of hydrogen-bond acceptors (Lipinski definition) is 1. The van der Waals surface area contributed by atoms with Gasteiger partial charge in [0.25, 0.3) is 0 Å². The highest BCUT2D eigenvalue weighted by atomic mass is 14.5. The van der Waals surface area contributed by atoms with Gasteiger partial charge in [-0.25, -0.2) is 0 Å². The second-order valence-corrected chi connectivity index (χ2v) is 1.83. The SMILES string of the molecule is C=C/C=C(N)\C=C/CC=C.